The van der Waals surface area contributed by atoms with Crippen LogP contribution in [0.1, 0.15) is 30.9 Å². The van der Waals surface area contributed by atoms with Crippen molar-refractivity contribution in [3.05, 3.63) is 99.0 Å². The lowest BCUT2D eigenvalue weighted by atomic mass is 10.0. The zero-order valence-corrected chi connectivity index (χ0v) is 22.3. The highest BCUT2D eigenvalue weighted by atomic mass is 35.5. The Kier molecular flexibility index (Phi) is 10.9. The number of hydrogen-bond acceptors (Lipinski definition) is 3. The maximum atomic E-state index is 13.5. The number of ether oxygens (including phenoxy) is 1. The maximum absolute atomic E-state index is 13.5. The van der Waals surface area contributed by atoms with Crippen molar-refractivity contribution in [1.29, 1.82) is 0 Å². The lowest BCUT2D eigenvalue weighted by Gasteiger charge is -2.32. The maximum Gasteiger partial charge on any atom is 0.243 e. The van der Waals surface area contributed by atoms with Gasteiger partial charge in [-0.3, -0.25) is 9.59 Å². The van der Waals surface area contributed by atoms with Crippen LogP contribution in [0.4, 0.5) is 0 Å². The summed E-state index contributed by atoms with van der Waals surface area (Å²) >= 11 is 18.4. The number of benzene rings is 3. The molecule has 2 amide bonds. The normalized spacial score (nSPS) is 11.6. The van der Waals surface area contributed by atoms with E-state index in [1.54, 1.807) is 47.4 Å². The molecule has 0 spiro atoms. The molecule has 0 fully saturated rings. The fourth-order valence-corrected chi connectivity index (χ4v) is 4.36. The monoisotopic (exact) mass is 546 g/mol. The quantitative estimate of drug-likeness (QED) is 0.261. The second-order valence-corrected chi connectivity index (χ2v) is 9.54. The van der Waals surface area contributed by atoms with Crippen molar-refractivity contribution in [1.82, 2.24) is 10.2 Å². The molecule has 0 heterocycles. The molecule has 0 aromatic heterocycles. The molecular formula is C28H29Cl3N2O3. The third kappa shape index (κ3) is 8.44. The van der Waals surface area contributed by atoms with Gasteiger partial charge in [-0.25, -0.2) is 0 Å². The van der Waals surface area contributed by atoms with E-state index in [9.17, 15) is 9.59 Å². The first-order valence-electron chi connectivity index (χ1n) is 11.8. The Bertz CT molecular complexity index is 1140. The van der Waals surface area contributed by atoms with Crippen molar-refractivity contribution >= 4 is 46.6 Å². The van der Waals surface area contributed by atoms with Crippen LogP contribution in [0.5, 0.6) is 5.75 Å². The highest BCUT2D eigenvalue weighted by molar-refractivity contribution is 6.35. The number of rotatable bonds is 12. The molecule has 0 saturated heterocycles. The predicted octanol–water partition coefficient (Wildman–Crippen LogP) is 6.58. The smallest absolute Gasteiger partial charge is 0.243 e. The number of carbonyl (C=O) groups excluding carboxylic acids is 2. The third-order valence-corrected chi connectivity index (χ3v) is 6.43. The molecule has 0 aliphatic heterocycles. The van der Waals surface area contributed by atoms with E-state index < -0.39 is 6.04 Å². The van der Waals surface area contributed by atoms with Crippen molar-refractivity contribution in [2.24, 2.45) is 0 Å². The van der Waals surface area contributed by atoms with Crippen LogP contribution in [0.2, 0.25) is 15.1 Å². The van der Waals surface area contributed by atoms with Gasteiger partial charge in [-0.1, -0.05) is 71.2 Å². The van der Waals surface area contributed by atoms with Crippen LogP contribution in [0.25, 0.3) is 0 Å². The number of hydrogen-bond donors (Lipinski definition) is 1. The Morgan fingerprint density at radius 2 is 1.64 bits per heavy atom. The van der Waals surface area contributed by atoms with Gasteiger partial charge in [-0.2, -0.15) is 0 Å². The summed E-state index contributed by atoms with van der Waals surface area (Å²) in [6.07, 6.45) is 1.08. The largest absolute Gasteiger partial charge is 0.494 e. The van der Waals surface area contributed by atoms with Crippen LogP contribution in [0.3, 0.4) is 0 Å². The van der Waals surface area contributed by atoms with Gasteiger partial charge in [0.25, 0.3) is 0 Å². The minimum atomic E-state index is -0.705. The van der Waals surface area contributed by atoms with E-state index in [2.05, 4.69) is 5.32 Å². The first kappa shape index (κ1) is 27.9. The fraction of sp³-hybridized carbons (Fsp3) is 0.286. The minimum absolute atomic E-state index is 0.159. The third-order valence-electron chi connectivity index (χ3n) is 5.60. The predicted molar refractivity (Wildman–Crippen MR) is 146 cm³/mol. The second kappa shape index (κ2) is 14.1. The summed E-state index contributed by atoms with van der Waals surface area (Å²) in [5.74, 6) is 0.311. The average molecular weight is 548 g/mol. The number of amides is 2. The molecule has 0 aliphatic carbocycles. The van der Waals surface area contributed by atoms with Crippen molar-refractivity contribution in [3.8, 4) is 5.75 Å². The fourth-order valence-electron chi connectivity index (χ4n) is 3.77. The van der Waals surface area contributed by atoms with Gasteiger partial charge in [0.2, 0.25) is 11.8 Å². The van der Waals surface area contributed by atoms with Crippen LogP contribution in [0.15, 0.2) is 72.8 Å². The number of nitrogens with one attached hydrogen (secondary N) is 1. The Balaban J connectivity index is 1.79. The molecule has 5 nitrogen and oxygen atoms in total. The van der Waals surface area contributed by atoms with E-state index in [1.165, 1.54) is 0 Å². The average Bonchev–Trinajstić information content (AvgIpc) is 2.87. The summed E-state index contributed by atoms with van der Waals surface area (Å²) in [5, 5.41) is 4.46. The van der Waals surface area contributed by atoms with E-state index in [0.29, 0.717) is 52.4 Å². The van der Waals surface area contributed by atoms with Crippen molar-refractivity contribution in [2.75, 3.05) is 13.2 Å². The first-order chi connectivity index (χ1) is 17.4. The molecule has 8 heteroatoms. The zero-order chi connectivity index (χ0) is 25.9. The lowest BCUT2D eigenvalue weighted by molar-refractivity contribution is -0.141. The molecule has 1 atom stereocenters. The Labute approximate surface area is 227 Å². The summed E-state index contributed by atoms with van der Waals surface area (Å²) in [6.45, 7) is 2.85. The summed E-state index contributed by atoms with van der Waals surface area (Å²) in [5.41, 5.74) is 1.68. The topological polar surface area (TPSA) is 58.6 Å². The molecular weight excluding hydrogens is 519 g/mol. The Morgan fingerprint density at radius 3 is 2.31 bits per heavy atom. The molecule has 0 bridgehead atoms. The van der Waals surface area contributed by atoms with Gasteiger partial charge in [0.1, 0.15) is 11.8 Å². The summed E-state index contributed by atoms with van der Waals surface area (Å²) in [6, 6.07) is 21.2. The Morgan fingerprint density at radius 1 is 0.944 bits per heavy atom. The van der Waals surface area contributed by atoms with E-state index >= 15 is 0 Å². The standard InChI is InChI=1S/C28H29Cl3N2O3/c1-2-32-28(35)26(17-20-7-4-3-5-8-20)33(19-21-10-11-23(30)18-25(21)31)27(34)9-6-16-36-24-14-12-22(29)13-15-24/h3-5,7-8,10-15,18,26H,2,6,9,16-17,19H2,1H3,(H,32,35)/t26-/m0/s1. The van der Waals surface area contributed by atoms with Gasteiger partial charge in [0, 0.05) is 41.0 Å². The van der Waals surface area contributed by atoms with Gasteiger partial charge >= 0.3 is 0 Å². The first-order valence-corrected chi connectivity index (χ1v) is 12.9. The van der Waals surface area contributed by atoms with Gasteiger partial charge in [-0.05, 0) is 60.9 Å². The van der Waals surface area contributed by atoms with Crippen molar-refractivity contribution in [3.63, 3.8) is 0 Å². The zero-order valence-electron chi connectivity index (χ0n) is 20.1. The van der Waals surface area contributed by atoms with Crippen LogP contribution in [-0.2, 0) is 22.6 Å². The molecule has 190 valence electrons. The van der Waals surface area contributed by atoms with E-state index in [4.69, 9.17) is 39.5 Å². The van der Waals surface area contributed by atoms with Crippen molar-refractivity contribution < 1.29 is 14.3 Å². The molecule has 3 rings (SSSR count). The van der Waals surface area contributed by atoms with Gasteiger partial charge in [-0.15, -0.1) is 0 Å². The molecule has 36 heavy (non-hydrogen) atoms. The molecule has 3 aromatic carbocycles. The molecule has 0 saturated carbocycles. The lowest BCUT2D eigenvalue weighted by Crippen LogP contribution is -2.50. The highest BCUT2D eigenvalue weighted by Gasteiger charge is 2.30. The molecule has 3 aromatic rings. The van der Waals surface area contributed by atoms with Crippen LogP contribution < -0.4 is 10.1 Å². The van der Waals surface area contributed by atoms with Crippen LogP contribution in [-0.4, -0.2) is 35.9 Å². The number of carbonyl (C=O) groups is 2. The highest BCUT2D eigenvalue weighted by Crippen LogP contribution is 2.25. The van der Waals surface area contributed by atoms with E-state index in [-0.39, 0.29) is 24.8 Å². The SMILES string of the molecule is CCNC(=O)[C@H](Cc1ccccc1)N(Cc1ccc(Cl)cc1Cl)C(=O)CCCOc1ccc(Cl)cc1. The number of likely N-dealkylation sites (N-methyl/N-ethyl adjacent to an activating group) is 1. The van der Waals surface area contributed by atoms with Crippen LogP contribution >= 0.6 is 34.8 Å². The van der Waals surface area contributed by atoms with E-state index in [0.717, 1.165) is 5.56 Å². The summed E-state index contributed by atoms with van der Waals surface area (Å²) < 4.78 is 5.74. The second-order valence-electron chi connectivity index (χ2n) is 8.26. The summed E-state index contributed by atoms with van der Waals surface area (Å²) in [4.78, 5) is 28.3. The summed E-state index contributed by atoms with van der Waals surface area (Å²) in [7, 11) is 0. The van der Waals surface area contributed by atoms with Crippen molar-refractivity contribution in [2.45, 2.75) is 38.8 Å². The Hall–Kier alpha value is -2.73. The number of nitrogens with zero attached hydrogens (tertiary/aromatic N) is 1. The molecule has 0 radical (unpaired) electrons. The molecule has 1 N–H and O–H groups in total. The van der Waals surface area contributed by atoms with Gasteiger partial charge in [0.15, 0.2) is 0 Å². The van der Waals surface area contributed by atoms with Crippen LogP contribution in [0, 0.1) is 0 Å². The molecule has 0 unspecified atom stereocenters. The number of halogens is 3. The minimum Gasteiger partial charge on any atom is -0.494 e. The van der Waals surface area contributed by atoms with E-state index in [1.807, 2.05) is 37.3 Å². The molecule has 0 aliphatic rings. The van der Waals surface area contributed by atoms with Gasteiger partial charge < -0.3 is 15.0 Å². The van der Waals surface area contributed by atoms with Gasteiger partial charge in [0.05, 0.1) is 6.61 Å².